The fourth-order valence-corrected chi connectivity index (χ4v) is 4.45. The minimum Gasteiger partial charge on any atom is -0.497 e. The number of methoxy groups -OCH3 is 2. The molecule has 3 rings (SSSR count). The summed E-state index contributed by atoms with van der Waals surface area (Å²) in [5.74, 6) is -0.980. The molecular formula is C23H33N5O7. The van der Waals surface area contributed by atoms with Gasteiger partial charge in [0.1, 0.15) is 18.0 Å². The van der Waals surface area contributed by atoms with E-state index in [0.717, 1.165) is 5.56 Å². The van der Waals surface area contributed by atoms with Gasteiger partial charge in [-0.15, -0.1) is 0 Å². The van der Waals surface area contributed by atoms with Crippen molar-refractivity contribution in [3.63, 3.8) is 0 Å². The molecule has 12 nitrogen and oxygen atoms in total. The smallest absolute Gasteiger partial charge is 0.334 e. The van der Waals surface area contributed by atoms with Crippen molar-refractivity contribution in [1.82, 2.24) is 25.1 Å². The van der Waals surface area contributed by atoms with Crippen molar-refractivity contribution in [2.75, 3.05) is 47.5 Å². The highest BCUT2D eigenvalue weighted by Crippen LogP contribution is 2.28. The third-order valence-electron chi connectivity index (χ3n) is 6.16. The van der Waals surface area contributed by atoms with E-state index in [-0.39, 0.29) is 44.3 Å². The van der Waals surface area contributed by atoms with Gasteiger partial charge in [-0.3, -0.25) is 14.4 Å². The van der Waals surface area contributed by atoms with Gasteiger partial charge in [0, 0.05) is 40.3 Å². The highest BCUT2D eigenvalue weighted by Gasteiger charge is 2.50. The first kappa shape index (κ1) is 26.2. The van der Waals surface area contributed by atoms with Crippen LogP contribution in [0, 0.1) is 0 Å². The molecular weight excluding hydrogens is 458 g/mol. The number of urea groups is 1. The van der Waals surface area contributed by atoms with E-state index in [1.807, 2.05) is 12.1 Å². The van der Waals surface area contributed by atoms with Crippen LogP contribution in [0.25, 0.3) is 0 Å². The minimum absolute atomic E-state index is 0.0256. The quantitative estimate of drug-likeness (QED) is 0.448. The highest BCUT2D eigenvalue weighted by molar-refractivity contribution is 5.91. The van der Waals surface area contributed by atoms with E-state index < -0.39 is 24.2 Å². The summed E-state index contributed by atoms with van der Waals surface area (Å²) in [5, 5.41) is 15.0. The zero-order valence-corrected chi connectivity index (χ0v) is 20.3. The maximum absolute atomic E-state index is 13.3. The van der Waals surface area contributed by atoms with Crippen LogP contribution in [0.2, 0.25) is 0 Å². The Morgan fingerprint density at radius 3 is 2.51 bits per heavy atom. The zero-order chi connectivity index (χ0) is 25.5. The Balaban J connectivity index is 1.81. The number of amides is 4. The Morgan fingerprint density at radius 2 is 1.89 bits per heavy atom. The monoisotopic (exact) mass is 491 g/mol. The zero-order valence-electron chi connectivity index (χ0n) is 20.3. The molecule has 2 aliphatic rings. The Hall–Kier alpha value is -3.38. The molecule has 35 heavy (non-hydrogen) atoms. The number of carboxylic acids is 1. The van der Waals surface area contributed by atoms with Gasteiger partial charge in [0.25, 0.3) is 0 Å². The van der Waals surface area contributed by atoms with E-state index in [9.17, 15) is 24.3 Å². The number of carbonyl (C=O) groups is 4. The lowest BCUT2D eigenvalue weighted by molar-refractivity contribution is -0.187. The van der Waals surface area contributed by atoms with Gasteiger partial charge < -0.3 is 29.7 Å². The standard InChI is InChI=1S/C23H33N5O7/c1-25-15-20(29)27-18(9-10-21(30)31)22(32)26(11-4-12-34-2)14-19(27)28(25)23(33)24-13-16-5-7-17(35-3)8-6-16/h5-8,18-19H,4,9-15H2,1-3H3,(H,24,33)(H,30,31)/t18-,19-/m0/s1. The second-order valence-electron chi connectivity index (χ2n) is 8.53. The van der Waals surface area contributed by atoms with Gasteiger partial charge in [0.15, 0.2) is 0 Å². The van der Waals surface area contributed by atoms with E-state index in [2.05, 4.69) is 5.32 Å². The normalized spacial score (nSPS) is 20.6. The molecule has 2 fully saturated rings. The summed E-state index contributed by atoms with van der Waals surface area (Å²) < 4.78 is 10.2. The SMILES string of the molecule is COCCCN1C[C@H]2N(C(=O)CN(C)N2C(=O)NCc2ccc(OC)cc2)[C@@H](CCC(=O)O)C1=O. The van der Waals surface area contributed by atoms with Crippen LogP contribution in [-0.4, -0.2) is 108 Å². The highest BCUT2D eigenvalue weighted by atomic mass is 16.5. The second-order valence-corrected chi connectivity index (χ2v) is 8.53. The molecule has 0 spiro atoms. The first-order chi connectivity index (χ1) is 16.8. The summed E-state index contributed by atoms with van der Waals surface area (Å²) in [7, 11) is 4.78. The molecule has 1 aromatic rings. The lowest BCUT2D eigenvalue weighted by Gasteiger charge is -2.54. The third kappa shape index (κ3) is 6.20. The van der Waals surface area contributed by atoms with Gasteiger partial charge in [-0.2, -0.15) is 0 Å². The summed E-state index contributed by atoms with van der Waals surface area (Å²) in [6, 6.07) is 5.90. The van der Waals surface area contributed by atoms with Crippen LogP contribution in [0.15, 0.2) is 24.3 Å². The number of rotatable bonds is 10. The molecule has 2 N–H and O–H groups in total. The molecule has 2 saturated heterocycles. The average Bonchev–Trinajstić information content (AvgIpc) is 2.83. The van der Waals surface area contributed by atoms with Crippen molar-refractivity contribution >= 4 is 23.8 Å². The maximum atomic E-state index is 13.3. The number of hydrazine groups is 1. The molecule has 0 unspecified atom stereocenters. The van der Waals surface area contributed by atoms with Gasteiger partial charge in [-0.25, -0.2) is 14.8 Å². The molecule has 4 amide bonds. The van der Waals surface area contributed by atoms with Crippen molar-refractivity contribution in [3.8, 4) is 5.75 Å². The van der Waals surface area contributed by atoms with Crippen LogP contribution in [0.4, 0.5) is 4.79 Å². The first-order valence-electron chi connectivity index (χ1n) is 11.5. The Bertz CT molecular complexity index is 925. The molecule has 0 aromatic heterocycles. The molecule has 1 aromatic carbocycles. The van der Waals surface area contributed by atoms with Gasteiger partial charge in [-0.05, 0) is 30.5 Å². The predicted octanol–water partition coefficient (Wildman–Crippen LogP) is 0.334. The van der Waals surface area contributed by atoms with E-state index in [1.54, 1.807) is 38.3 Å². The molecule has 0 saturated carbocycles. The van der Waals surface area contributed by atoms with Crippen molar-refractivity contribution in [2.24, 2.45) is 0 Å². The fraction of sp³-hybridized carbons (Fsp3) is 0.565. The summed E-state index contributed by atoms with van der Waals surface area (Å²) in [6.45, 7) is 1.10. The van der Waals surface area contributed by atoms with Crippen molar-refractivity contribution in [1.29, 1.82) is 0 Å². The molecule has 0 radical (unpaired) electrons. The number of benzene rings is 1. The summed E-state index contributed by atoms with van der Waals surface area (Å²) in [6.07, 6.45) is -0.467. The van der Waals surface area contributed by atoms with Crippen LogP contribution in [0.5, 0.6) is 5.75 Å². The summed E-state index contributed by atoms with van der Waals surface area (Å²) >= 11 is 0. The topological polar surface area (TPSA) is 132 Å². The molecule has 2 atom stereocenters. The van der Waals surface area contributed by atoms with Crippen LogP contribution in [-0.2, 0) is 25.7 Å². The van der Waals surface area contributed by atoms with Gasteiger partial charge >= 0.3 is 12.0 Å². The minimum atomic E-state index is -1.05. The number of nitrogens with one attached hydrogen (secondary N) is 1. The van der Waals surface area contributed by atoms with Crippen molar-refractivity contribution < 1.29 is 33.8 Å². The number of carboxylic acid groups (broad SMARTS) is 1. The Morgan fingerprint density at radius 1 is 1.17 bits per heavy atom. The second kappa shape index (κ2) is 11.8. The number of aliphatic carboxylic acids is 1. The van der Waals surface area contributed by atoms with Gasteiger partial charge in [0.2, 0.25) is 11.8 Å². The predicted molar refractivity (Wildman–Crippen MR) is 124 cm³/mol. The van der Waals surface area contributed by atoms with Crippen molar-refractivity contribution in [3.05, 3.63) is 29.8 Å². The Labute approximate surface area is 204 Å². The van der Waals surface area contributed by atoms with Crippen LogP contribution in [0.1, 0.15) is 24.8 Å². The average molecular weight is 492 g/mol. The van der Waals surface area contributed by atoms with Crippen LogP contribution in [0.3, 0.4) is 0 Å². The first-order valence-corrected chi connectivity index (χ1v) is 11.5. The molecule has 2 aliphatic heterocycles. The summed E-state index contributed by atoms with van der Waals surface area (Å²) in [5.41, 5.74) is 0.867. The van der Waals surface area contributed by atoms with E-state index in [4.69, 9.17) is 9.47 Å². The molecule has 0 aliphatic carbocycles. The largest absolute Gasteiger partial charge is 0.497 e. The van der Waals surface area contributed by atoms with Gasteiger partial charge in [-0.1, -0.05) is 12.1 Å². The lowest BCUT2D eigenvalue weighted by Crippen LogP contribution is -2.76. The number of carbonyl (C=O) groups excluding carboxylic acids is 3. The number of nitrogens with zero attached hydrogens (tertiary/aromatic N) is 4. The number of piperazine rings is 1. The number of hydrogen-bond acceptors (Lipinski definition) is 7. The summed E-state index contributed by atoms with van der Waals surface area (Å²) in [4.78, 5) is 53.7. The third-order valence-corrected chi connectivity index (χ3v) is 6.16. The van der Waals surface area contributed by atoms with E-state index in [0.29, 0.717) is 25.3 Å². The lowest BCUT2D eigenvalue weighted by atomic mass is 10.0. The fourth-order valence-electron chi connectivity index (χ4n) is 4.45. The number of fused-ring (bicyclic) bond motifs is 1. The molecule has 12 heteroatoms. The number of likely N-dealkylation sites (N-methyl/N-ethyl adjacent to an activating group) is 1. The van der Waals surface area contributed by atoms with Crippen LogP contribution < -0.4 is 10.1 Å². The van der Waals surface area contributed by atoms with E-state index >= 15 is 0 Å². The number of hydrogen-bond donors (Lipinski definition) is 2. The molecule has 192 valence electrons. The molecule has 2 heterocycles. The Kier molecular flexibility index (Phi) is 8.88. The maximum Gasteiger partial charge on any atom is 0.334 e. The van der Waals surface area contributed by atoms with E-state index in [1.165, 1.54) is 14.9 Å². The van der Waals surface area contributed by atoms with Gasteiger partial charge in [0.05, 0.1) is 20.2 Å². The van der Waals surface area contributed by atoms with Crippen molar-refractivity contribution in [2.45, 2.75) is 38.0 Å². The molecule has 0 bridgehead atoms. The van der Waals surface area contributed by atoms with Crippen LogP contribution >= 0.6 is 0 Å². The number of ether oxygens (including phenoxy) is 2.